The number of hydrogen-bond acceptors (Lipinski definition) is 10. The SMILES string of the molecule is C=C1CCCC(=O)[C@@]2(C[C@H](C)[C@@H](C)CN)CCC(C(=O)O)=C[C@@H]2[C@@H]2O[C@]3(C[C@H]4CCC[C@@]5(CC[C@@]6(O[C@@H](CC[C@@]6(C)O)C1)O5)O4)C[C@@H](C)[C@H](O)[C@@H]2O3. The summed E-state index contributed by atoms with van der Waals surface area (Å²) < 4.78 is 34.4. The second kappa shape index (κ2) is 14.1. The van der Waals surface area contributed by atoms with Crippen LogP contribution < -0.4 is 5.73 Å². The lowest BCUT2D eigenvalue weighted by Gasteiger charge is -2.50. The van der Waals surface area contributed by atoms with E-state index in [4.69, 9.17) is 29.4 Å². The van der Waals surface area contributed by atoms with Gasteiger partial charge in [-0.2, -0.15) is 0 Å². The van der Waals surface area contributed by atoms with E-state index in [1.54, 1.807) is 13.0 Å². The van der Waals surface area contributed by atoms with E-state index in [-0.39, 0.29) is 47.7 Å². The Morgan fingerprint density at radius 1 is 0.942 bits per heavy atom. The molecule has 5 N–H and O–H groups in total. The first-order valence-corrected chi connectivity index (χ1v) is 20.2. The van der Waals surface area contributed by atoms with Crippen molar-refractivity contribution in [3.05, 3.63) is 23.8 Å². The number of carboxylic acids is 1. The van der Waals surface area contributed by atoms with Crippen molar-refractivity contribution in [3.8, 4) is 0 Å². The van der Waals surface area contributed by atoms with Gasteiger partial charge in [0.05, 0.1) is 24.4 Å². The summed E-state index contributed by atoms with van der Waals surface area (Å²) in [7, 11) is 0. The summed E-state index contributed by atoms with van der Waals surface area (Å²) in [4.78, 5) is 27.5. The number of rotatable bonds is 5. The number of fused-ring (bicyclic) bond motifs is 7. The van der Waals surface area contributed by atoms with E-state index in [0.717, 1.165) is 18.4 Å². The molecule has 7 rings (SSSR count). The molecule has 7 aliphatic rings. The number of nitrogens with two attached hydrogens (primary N) is 1. The number of carbonyl (C=O) groups is 2. The third kappa shape index (κ3) is 6.77. The van der Waals surface area contributed by atoms with Crippen molar-refractivity contribution in [1.29, 1.82) is 0 Å². The highest BCUT2D eigenvalue weighted by Crippen LogP contribution is 2.58. The van der Waals surface area contributed by atoms with E-state index < -0.39 is 58.6 Å². The summed E-state index contributed by atoms with van der Waals surface area (Å²) in [5.41, 5.74) is 5.30. The van der Waals surface area contributed by atoms with Crippen molar-refractivity contribution in [2.45, 2.75) is 184 Å². The number of aliphatic hydroxyl groups is 2. The molecule has 11 nitrogen and oxygen atoms in total. The zero-order chi connectivity index (χ0) is 37.3. The molecule has 0 amide bonds. The van der Waals surface area contributed by atoms with Crippen molar-refractivity contribution >= 4 is 11.8 Å². The number of carboxylic acid groups (broad SMARTS) is 1. The Labute approximate surface area is 309 Å². The summed E-state index contributed by atoms with van der Waals surface area (Å²) in [5, 5.41) is 33.7. The number of ether oxygens (including phenoxy) is 5. The Bertz CT molecular complexity index is 1430. The minimum atomic E-state index is -1.19. The van der Waals surface area contributed by atoms with Gasteiger partial charge >= 0.3 is 5.97 Å². The number of ketones is 1. The molecular formula is C41H63NO10. The molecule has 6 aliphatic heterocycles. The van der Waals surface area contributed by atoms with E-state index in [2.05, 4.69) is 20.4 Å². The highest BCUT2D eigenvalue weighted by Gasteiger charge is 2.66. The van der Waals surface area contributed by atoms with Crippen LogP contribution in [0.25, 0.3) is 0 Å². The smallest absolute Gasteiger partial charge is 0.331 e. The molecule has 52 heavy (non-hydrogen) atoms. The fourth-order valence-electron chi connectivity index (χ4n) is 11.1. The normalized spacial score (nSPS) is 48.1. The molecule has 3 spiro atoms. The zero-order valence-electron chi connectivity index (χ0n) is 31.8. The number of Topliss-reactive ketones (excluding diaryl/α,β-unsaturated/α-hetero) is 1. The van der Waals surface area contributed by atoms with Crippen molar-refractivity contribution in [2.24, 2.45) is 34.8 Å². The van der Waals surface area contributed by atoms with Gasteiger partial charge in [-0.3, -0.25) is 4.79 Å². The summed E-state index contributed by atoms with van der Waals surface area (Å²) in [6.45, 7) is 12.9. The highest BCUT2D eigenvalue weighted by atomic mass is 16.8. The van der Waals surface area contributed by atoms with Gasteiger partial charge in [0.1, 0.15) is 17.5 Å². The third-order valence-electron chi connectivity index (χ3n) is 14.4. The topological polar surface area (TPSA) is 167 Å². The molecule has 6 fully saturated rings. The zero-order valence-corrected chi connectivity index (χ0v) is 31.8. The molecular weight excluding hydrogens is 666 g/mol. The van der Waals surface area contributed by atoms with Gasteiger partial charge in [-0.1, -0.05) is 39.0 Å². The standard InChI is InChI=1S/C41H63NO10/c1-24-8-6-10-32(43)38(20-25(2)27(4)23-42)15-11-28(36(45)46)19-31(38)34-35-33(44)26(3)21-40(50-34,51-35)22-30-9-7-13-39(48-30)16-17-41(52-39)37(5,47)14-12-29(18-24)49-41/h19,25-27,29-31,33-35,44,47H,1,6-18,20-23,42H2,2-5H3,(H,45,46)/t25-,26+,27-,29-,30+,31+,33-,34-,35-,37+,38+,39+,40+,41+/m0/s1. The maximum Gasteiger partial charge on any atom is 0.331 e. The van der Waals surface area contributed by atoms with Crippen LogP contribution in [-0.2, 0) is 33.3 Å². The van der Waals surface area contributed by atoms with E-state index >= 15 is 0 Å². The van der Waals surface area contributed by atoms with E-state index in [1.165, 1.54) is 0 Å². The van der Waals surface area contributed by atoms with Crippen molar-refractivity contribution in [3.63, 3.8) is 0 Å². The van der Waals surface area contributed by atoms with Crippen LogP contribution >= 0.6 is 0 Å². The van der Waals surface area contributed by atoms with Gasteiger partial charge in [0.2, 0.25) is 5.79 Å². The maximum absolute atomic E-state index is 14.9. The molecule has 0 unspecified atom stereocenters. The lowest BCUT2D eigenvalue weighted by molar-refractivity contribution is -0.403. The predicted molar refractivity (Wildman–Crippen MR) is 192 cm³/mol. The van der Waals surface area contributed by atoms with Crippen LogP contribution in [0.5, 0.6) is 0 Å². The van der Waals surface area contributed by atoms with Crippen molar-refractivity contribution in [2.75, 3.05) is 6.54 Å². The first kappa shape index (κ1) is 38.6. The van der Waals surface area contributed by atoms with E-state index in [1.807, 2.05) is 6.92 Å². The van der Waals surface area contributed by atoms with Crippen molar-refractivity contribution in [1.82, 2.24) is 0 Å². The Morgan fingerprint density at radius 3 is 2.46 bits per heavy atom. The Hall–Kier alpha value is -1.70. The number of carbonyl (C=O) groups excluding carboxylic acids is 1. The van der Waals surface area contributed by atoms with Gasteiger partial charge in [-0.25, -0.2) is 4.79 Å². The van der Waals surface area contributed by atoms with E-state index in [9.17, 15) is 24.9 Å². The Balaban J connectivity index is 1.29. The van der Waals surface area contributed by atoms with Crippen molar-refractivity contribution < 1.29 is 48.6 Å². The van der Waals surface area contributed by atoms with Gasteiger partial charge in [0, 0.05) is 55.4 Å². The molecule has 0 aromatic carbocycles. The molecule has 11 heteroatoms. The summed E-state index contributed by atoms with van der Waals surface area (Å²) >= 11 is 0. The average molecular weight is 730 g/mol. The number of aliphatic carboxylic acids is 1. The second-order valence-corrected chi connectivity index (χ2v) is 18.2. The highest BCUT2D eigenvalue weighted by molar-refractivity contribution is 5.90. The van der Waals surface area contributed by atoms with Gasteiger partial charge in [-0.15, -0.1) is 0 Å². The number of hydrogen-bond donors (Lipinski definition) is 4. The van der Waals surface area contributed by atoms with Crippen LogP contribution in [0.3, 0.4) is 0 Å². The molecule has 0 radical (unpaired) electrons. The Kier molecular flexibility index (Phi) is 10.5. The first-order chi connectivity index (χ1) is 24.5. The summed E-state index contributed by atoms with van der Waals surface area (Å²) in [5.74, 6) is -4.65. The second-order valence-electron chi connectivity index (χ2n) is 18.2. The fraction of sp³-hybridized carbons (Fsp3) is 0.854. The lowest BCUT2D eigenvalue weighted by atomic mass is 9.57. The van der Waals surface area contributed by atoms with Crippen LogP contribution in [0.2, 0.25) is 0 Å². The Morgan fingerprint density at radius 2 is 1.71 bits per heavy atom. The van der Waals surface area contributed by atoms with Gasteiger partial charge in [-0.05, 0) is 95.4 Å². The molecule has 7 bridgehead atoms. The lowest BCUT2D eigenvalue weighted by Crippen LogP contribution is -2.60. The van der Waals surface area contributed by atoms with Crippen LogP contribution in [0, 0.1) is 29.1 Å². The monoisotopic (exact) mass is 729 g/mol. The molecule has 0 saturated carbocycles. The minimum Gasteiger partial charge on any atom is -0.478 e. The van der Waals surface area contributed by atoms with Crippen LogP contribution in [-0.4, -0.2) is 87.1 Å². The van der Waals surface area contributed by atoms with Gasteiger partial charge < -0.3 is 44.7 Å². The first-order valence-electron chi connectivity index (χ1n) is 20.2. The molecule has 0 aromatic rings. The minimum absolute atomic E-state index is 0.0857. The maximum atomic E-state index is 14.9. The van der Waals surface area contributed by atoms with Gasteiger partial charge in [0.25, 0.3) is 0 Å². The van der Waals surface area contributed by atoms with Crippen LogP contribution in [0.1, 0.15) is 130 Å². The molecule has 292 valence electrons. The van der Waals surface area contributed by atoms with Gasteiger partial charge in [0.15, 0.2) is 11.6 Å². The molecule has 1 aliphatic carbocycles. The molecule has 14 atom stereocenters. The number of aliphatic hydroxyl groups excluding tert-OH is 1. The third-order valence-corrected chi connectivity index (χ3v) is 14.4. The molecule has 6 heterocycles. The summed E-state index contributed by atoms with van der Waals surface area (Å²) in [6, 6.07) is 0. The average Bonchev–Trinajstić information content (AvgIpc) is 3.60. The quantitative estimate of drug-likeness (QED) is 0.257. The van der Waals surface area contributed by atoms with Crippen LogP contribution in [0.15, 0.2) is 23.8 Å². The van der Waals surface area contributed by atoms with E-state index in [0.29, 0.717) is 90.0 Å². The predicted octanol–water partition coefficient (Wildman–Crippen LogP) is 5.69. The fourth-order valence-corrected chi connectivity index (χ4v) is 11.1. The van der Waals surface area contributed by atoms with Crippen LogP contribution in [0.4, 0.5) is 0 Å². The summed E-state index contributed by atoms with van der Waals surface area (Å²) in [6.07, 6.45) is 7.80. The largest absolute Gasteiger partial charge is 0.478 e. The molecule has 0 aromatic heterocycles. The molecule has 6 saturated heterocycles.